The zero-order valence-electron chi connectivity index (χ0n) is 13.5. The molecule has 0 spiro atoms. The van der Waals surface area contributed by atoms with Crippen molar-refractivity contribution >= 4 is 12.0 Å². The molecule has 1 heterocycles. The fourth-order valence-corrected chi connectivity index (χ4v) is 4.80. The Morgan fingerprint density at radius 1 is 1.05 bits per heavy atom. The maximum atomic E-state index is 12.5. The van der Waals surface area contributed by atoms with Gasteiger partial charge in [-0.1, -0.05) is 26.2 Å². The molecule has 3 fully saturated rings. The molecule has 3 aliphatic rings. The summed E-state index contributed by atoms with van der Waals surface area (Å²) in [5.74, 6) is 0.743. The highest BCUT2D eigenvalue weighted by atomic mass is 16.4. The summed E-state index contributed by atoms with van der Waals surface area (Å²) in [6, 6.07) is 0.228. The van der Waals surface area contributed by atoms with Crippen LogP contribution in [-0.4, -0.2) is 41.1 Å². The van der Waals surface area contributed by atoms with Crippen molar-refractivity contribution in [3.63, 3.8) is 0 Å². The SMILES string of the molecule is CC1CC(C(=O)O)CN(C(=O)NC2CCC3CCCC3C2)C1. The zero-order chi connectivity index (χ0) is 15.7. The quantitative estimate of drug-likeness (QED) is 0.824. The van der Waals surface area contributed by atoms with Gasteiger partial charge in [0.05, 0.1) is 5.92 Å². The van der Waals surface area contributed by atoms with E-state index < -0.39 is 11.9 Å². The molecule has 5 unspecified atom stereocenters. The number of aliphatic carboxylic acids is 1. The normalized spacial score (nSPS) is 38.4. The van der Waals surface area contributed by atoms with Gasteiger partial charge in [-0.25, -0.2) is 4.79 Å². The van der Waals surface area contributed by atoms with Gasteiger partial charge in [-0.15, -0.1) is 0 Å². The van der Waals surface area contributed by atoms with Crippen molar-refractivity contribution in [3.8, 4) is 0 Å². The first-order valence-corrected chi connectivity index (χ1v) is 8.81. The van der Waals surface area contributed by atoms with Gasteiger partial charge in [0.25, 0.3) is 0 Å². The summed E-state index contributed by atoms with van der Waals surface area (Å²) >= 11 is 0. The number of rotatable bonds is 2. The Labute approximate surface area is 132 Å². The molecule has 22 heavy (non-hydrogen) atoms. The summed E-state index contributed by atoms with van der Waals surface area (Å²) in [5, 5.41) is 12.4. The number of urea groups is 1. The number of piperidine rings is 1. The highest BCUT2D eigenvalue weighted by Gasteiger charge is 2.36. The van der Waals surface area contributed by atoms with Crippen LogP contribution in [0.3, 0.4) is 0 Å². The zero-order valence-corrected chi connectivity index (χ0v) is 13.5. The third-order valence-corrected chi connectivity index (χ3v) is 5.91. The van der Waals surface area contributed by atoms with Gasteiger partial charge in [-0.05, 0) is 43.4 Å². The van der Waals surface area contributed by atoms with E-state index >= 15 is 0 Å². The van der Waals surface area contributed by atoms with Crippen molar-refractivity contribution in [2.45, 2.75) is 57.9 Å². The lowest BCUT2D eigenvalue weighted by molar-refractivity contribution is -0.143. The van der Waals surface area contributed by atoms with E-state index in [0.717, 1.165) is 24.7 Å². The van der Waals surface area contributed by atoms with Crippen LogP contribution in [0.1, 0.15) is 51.9 Å². The fraction of sp³-hybridized carbons (Fsp3) is 0.882. The molecule has 0 bridgehead atoms. The Morgan fingerprint density at radius 2 is 1.82 bits per heavy atom. The first kappa shape index (κ1) is 15.6. The minimum atomic E-state index is -0.782. The number of hydrogen-bond donors (Lipinski definition) is 2. The van der Waals surface area contributed by atoms with Crippen molar-refractivity contribution < 1.29 is 14.7 Å². The van der Waals surface area contributed by atoms with E-state index in [1.165, 1.54) is 25.7 Å². The highest BCUT2D eigenvalue weighted by Crippen LogP contribution is 2.42. The van der Waals surface area contributed by atoms with Crippen LogP contribution in [0.2, 0.25) is 0 Å². The van der Waals surface area contributed by atoms with Crippen molar-refractivity contribution in [2.75, 3.05) is 13.1 Å². The van der Waals surface area contributed by atoms with Crippen LogP contribution in [0.15, 0.2) is 0 Å². The number of amides is 2. The Balaban J connectivity index is 1.53. The van der Waals surface area contributed by atoms with Gasteiger partial charge >= 0.3 is 12.0 Å². The minimum absolute atomic E-state index is 0.0563. The van der Waals surface area contributed by atoms with Crippen molar-refractivity contribution in [3.05, 3.63) is 0 Å². The Morgan fingerprint density at radius 3 is 2.59 bits per heavy atom. The van der Waals surface area contributed by atoms with Crippen LogP contribution in [0.25, 0.3) is 0 Å². The summed E-state index contributed by atoms with van der Waals surface area (Å²) in [4.78, 5) is 25.4. The van der Waals surface area contributed by atoms with Gasteiger partial charge in [0, 0.05) is 19.1 Å². The van der Waals surface area contributed by atoms with E-state index in [0.29, 0.717) is 19.5 Å². The van der Waals surface area contributed by atoms with Crippen molar-refractivity contribution in [2.24, 2.45) is 23.7 Å². The molecule has 0 radical (unpaired) electrons. The molecule has 5 nitrogen and oxygen atoms in total. The van der Waals surface area contributed by atoms with E-state index in [1.54, 1.807) is 4.90 Å². The molecule has 5 heteroatoms. The Bertz CT molecular complexity index is 440. The maximum Gasteiger partial charge on any atom is 0.317 e. The maximum absolute atomic E-state index is 12.5. The average molecular weight is 308 g/mol. The third kappa shape index (κ3) is 3.39. The molecule has 3 rings (SSSR count). The molecule has 0 aromatic heterocycles. The molecule has 2 amide bonds. The second-order valence-corrected chi connectivity index (χ2v) is 7.69. The van der Waals surface area contributed by atoms with Crippen LogP contribution < -0.4 is 5.32 Å². The van der Waals surface area contributed by atoms with Gasteiger partial charge in [-0.3, -0.25) is 4.79 Å². The van der Waals surface area contributed by atoms with Crippen molar-refractivity contribution in [1.29, 1.82) is 0 Å². The summed E-state index contributed by atoms with van der Waals surface area (Å²) in [7, 11) is 0. The number of hydrogen-bond acceptors (Lipinski definition) is 2. The molecule has 0 aromatic rings. The number of likely N-dealkylation sites (tertiary alicyclic amines) is 1. The van der Waals surface area contributed by atoms with E-state index in [4.69, 9.17) is 0 Å². The van der Waals surface area contributed by atoms with Crippen LogP contribution >= 0.6 is 0 Å². The standard InChI is InChI=1S/C17H28N2O3/c1-11-7-14(16(20)21)10-19(9-11)17(22)18-15-6-5-12-3-2-4-13(12)8-15/h11-15H,2-10H2,1H3,(H,18,22)(H,20,21). The summed E-state index contributed by atoms with van der Waals surface area (Å²) in [6.07, 6.45) is 8.14. The number of carbonyl (C=O) groups excluding carboxylic acids is 1. The van der Waals surface area contributed by atoms with E-state index in [-0.39, 0.29) is 18.0 Å². The third-order valence-electron chi connectivity index (χ3n) is 5.91. The van der Waals surface area contributed by atoms with Gasteiger partial charge in [-0.2, -0.15) is 0 Å². The van der Waals surface area contributed by atoms with E-state index in [9.17, 15) is 14.7 Å². The molecular formula is C17H28N2O3. The number of fused-ring (bicyclic) bond motifs is 1. The molecule has 2 aliphatic carbocycles. The molecule has 1 aliphatic heterocycles. The number of nitrogens with zero attached hydrogens (tertiary/aromatic N) is 1. The second-order valence-electron chi connectivity index (χ2n) is 7.69. The average Bonchev–Trinajstić information content (AvgIpc) is 2.94. The van der Waals surface area contributed by atoms with Gasteiger partial charge in [0.2, 0.25) is 0 Å². The summed E-state index contributed by atoms with van der Waals surface area (Å²) < 4.78 is 0. The predicted molar refractivity (Wildman–Crippen MR) is 83.5 cm³/mol. The molecule has 5 atom stereocenters. The van der Waals surface area contributed by atoms with E-state index in [2.05, 4.69) is 5.32 Å². The monoisotopic (exact) mass is 308 g/mol. The summed E-state index contributed by atoms with van der Waals surface area (Å²) in [5.41, 5.74) is 0. The largest absolute Gasteiger partial charge is 0.481 e. The second kappa shape index (κ2) is 6.47. The van der Waals surface area contributed by atoms with Gasteiger partial charge < -0.3 is 15.3 Å². The minimum Gasteiger partial charge on any atom is -0.481 e. The van der Waals surface area contributed by atoms with Crippen LogP contribution in [0.4, 0.5) is 4.79 Å². The molecule has 0 aromatic carbocycles. The lowest BCUT2D eigenvalue weighted by Crippen LogP contribution is -2.52. The number of carboxylic acid groups (broad SMARTS) is 1. The van der Waals surface area contributed by atoms with Crippen molar-refractivity contribution in [1.82, 2.24) is 10.2 Å². The highest BCUT2D eigenvalue weighted by molar-refractivity contribution is 5.76. The topological polar surface area (TPSA) is 69.6 Å². The Kier molecular flexibility index (Phi) is 4.59. The lowest BCUT2D eigenvalue weighted by Gasteiger charge is -2.37. The number of carboxylic acids is 1. The van der Waals surface area contributed by atoms with Gasteiger partial charge in [0.1, 0.15) is 0 Å². The first-order valence-electron chi connectivity index (χ1n) is 8.81. The molecular weight excluding hydrogens is 280 g/mol. The number of nitrogens with one attached hydrogen (secondary N) is 1. The summed E-state index contributed by atoms with van der Waals surface area (Å²) in [6.45, 7) is 3.05. The predicted octanol–water partition coefficient (Wildman–Crippen LogP) is 2.71. The van der Waals surface area contributed by atoms with Crippen LogP contribution in [0.5, 0.6) is 0 Å². The Hall–Kier alpha value is -1.26. The smallest absolute Gasteiger partial charge is 0.317 e. The molecule has 124 valence electrons. The van der Waals surface area contributed by atoms with E-state index in [1.807, 2.05) is 6.92 Å². The molecule has 1 saturated heterocycles. The van der Waals surface area contributed by atoms with Crippen LogP contribution in [-0.2, 0) is 4.79 Å². The van der Waals surface area contributed by atoms with Crippen LogP contribution in [0, 0.1) is 23.7 Å². The molecule has 2 saturated carbocycles. The molecule has 2 N–H and O–H groups in total. The fourth-order valence-electron chi connectivity index (χ4n) is 4.80. The van der Waals surface area contributed by atoms with Gasteiger partial charge in [0.15, 0.2) is 0 Å². The number of carbonyl (C=O) groups is 2. The lowest BCUT2D eigenvalue weighted by atomic mass is 9.79. The first-order chi connectivity index (χ1) is 10.5.